The zero-order valence-electron chi connectivity index (χ0n) is 13.8. The lowest BCUT2D eigenvalue weighted by Gasteiger charge is -2.33. The number of rotatable bonds is 7. The van der Waals surface area contributed by atoms with Crippen LogP contribution in [0.5, 0.6) is 5.75 Å². The third kappa shape index (κ3) is 5.65. The van der Waals surface area contributed by atoms with E-state index < -0.39 is 6.61 Å². The number of morpholine rings is 1. The second kappa shape index (κ2) is 8.73. The van der Waals surface area contributed by atoms with Crippen molar-refractivity contribution in [3.8, 4) is 5.75 Å². The molecule has 1 aliphatic heterocycles. The van der Waals surface area contributed by atoms with E-state index in [1.165, 1.54) is 17.8 Å². The number of halogens is 2. The van der Waals surface area contributed by atoms with E-state index in [9.17, 15) is 8.78 Å². The highest BCUT2D eigenvalue weighted by molar-refractivity contribution is 5.37. The zero-order chi connectivity index (χ0) is 17.5. The molecule has 1 aromatic carbocycles. The molecular formula is C18H21F2N3O2. The summed E-state index contributed by atoms with van der Waals surface area (Å²) in [5.74, 6) is 0.647. The maximum Gasteiger partial charge on any atom is 0.387 e. The molecule has 1 N–H and O–H groups in total. The molecule has 25 heavy (non-hydrogen) atoms. The Bertz CT molecular complexity index is 641. The summed E-state index contributed by atoms with van der Waals surface area (Å²) in [6.45, 7) is 1.09. The number of aromatic nitrogens is 1. The first-order valence-electron chi connectivity index (χ1n) is 8.21. The second-order valence-electron chi connectivity index (χ2n) is 5.85. The molecule has 0 radical (unpaired) electrons. The molecule has 0 saturated carbocycles. The van der Waals surface area contributed by atoms with E-state index in [0.717, 1.165) is 19.6 Å². The first kappa shape index (κ1) is 17.6. The first-order chi connectivity index (χ1) is 12.2. The van der Waals surface area contributed by atoms with Crippen molar-refractivity contribution in [3.05, 3.63) is 54.2 Å². The standard InChI is InChI=1S/C18H21F2N3O2/c19-18(20)25-15-6-7-17(21-10-15)22-11-16-13-23(8-9-24-16)12-14-4-2-1-3-5-14/h1-7,10,16,18H,8-9,11-13H2,(H,21,22). The van der Waals surface area contributed by atoms with E-state index in [1.54, 1.807) is 6.07 Å². The Balaban J connectivity index is 1.46. The molecule has 1 aromatic heterocycles. The van der Waals surface area contributed by atoms with Crippen molar-refractivity contribution >= 4 is 5.82 Å². The van der Waals surface area contributed by atoms with Gasteiger partial charge in [0.05, 0.1) is 18.9 Å². The second-order valence-corrected chi connectivity index (χ2v) is 5.85. The van der Waals surface area contributed by atoms with Crippen LogP contribution in [0.3, 0.4) is 0 Å². The Morgan fingerprint density at radius 2 is 2.08 bits per heavy atom. The number of pyridine rings is 1. The van der Waals surface area contributed by atoms with Crippen molar-refractivity contribution in [1.82, 2.24) is 9.88 Å². The van der Waals surface area contributed by atoms with Crippen LogP contribution in [0.25, 0.3) is 0 Å². The van der Waals surface area contributed by atoms with Crippen molar-refractivity contribution in [2.45, 2.75) is 19.3 Å². The van der Waals surface area contributed by atoms with E-state index in [0.29, 0.717) is 19.0 Å². The molecule has 0 bridgehead atoms. The van der Waals surface area contributed by atoms with Crippen molar-refractivity contribution in [2.24, 2.45) is 0 Å². The number of hydrogen-bond acceptors (Lipinski definition) is 5. The summed E-state index contributed by atoms with van der Waals surface area (Å²) < 4.78 is 34.3. The van der Waals surface area contributed by atoms with Gasteiger partial charge in [-0.25, -0.2) is 4.98 Å². The van der Waals surface area contributed by atoms with Crippen LogP contribution in [-0.4, -0.2) is 48.8 Å². The maximum atomic E-state index is 12.1. The van der Waals surface area contributed by atoms with Crippen LogP contribution in [0.1, 0.15) is 5.56 Å². The van der Waals surface area contributed by atoms with Gasteiger partial charge >= 0.3 is 6.61 Å². The highest BCUT2D eigenvalue weighted by Crippen LogP contribution is 2.15. The van der Waals surface area contributed by atoms with Crippen LogP contribution in [0.15, 0.2) is 48.7 Å². The van der Waals surface area contributed by atoms with Crippen LogP contribution < -0.4 is 10.1 Å². The minimum Gasteiger partial charge on any atom is -0.433 e. The number of benzene rings is 1. The Kier molecular flexibility index (Phi) is 6.14. The highest BCUT2D eigenvalue weighted by Gasteiger charge is 2.20. The SMILES string of the molecule is FC(F)Oc1ccc(NCC2CN(Cc3ccccc3)CCO2)nc1. The fraction of sp³-hybridized carbons (Fsp3) is 0.389. The molecule has 0 amide bonds. The normalized spacial score (nSPS) is 18.3. The van der Waals surface area contributed by atoms with Crippen LogP contribution in [0.2, 0.25) is 0 Å². The van der Waals surface area contributed by atoms with Crippen LogP contribution in [0, 0.1) is 0 Å². The Hall–Kier alpha value is -2.25. The van der Waals surface area contributed by atoms with Gasteiger partial charge in [0, 0.05) is 26.2 Å². The molecule has 1 unspecified atom stereocenters. The molecule has 3 rings (SSSR count). The molecule has 2 aromatic rings. The number of hydrogen-bond donors (Lipinski definition) is 1. The van der Waals surface area contributed by atoms with Crippen LogP contribution >= 0.6 is 0 Å². The average Bonchev–Trinajstić information content (AvgIpc) is 2.62. The third-order valence-electron chi connectivity index (χ3n) is 3.94. The van der Waals surface area contributed by atoms with Gasteiger partial charge in [-0.3, -0.25) is 4.90 Å². The quantitative estimate of drug-likeness (QED) is 0.833. The van der Waals surface area contributed by atoms with Crippen molar-refractivity contribution in [2.75, 3.05) is 31.6 Å². The molecule has 1 fully saturated rings. The monoisotopic (exact) mass is 349 g/mol. The van der Waals surface area contributed by atoms with Gasteiger partial charge in [0.2, 0.25) is 0 Å². The molecular weight excluding hydrogens is 328 g/mol. The van der Waals surface area contributed by atoms with Gasteiger partial charge in [0.25, 0.3) is 0 Å². The Morgan fingerprint density at radius 3 is 2.80 bits per heavy atom. The number of nitrogens with one attached hydrogen (secondary N) is 1. The lowest BCUT2D eigenvalue weighted by atomic mass is 10.2. The minimum atomic E-state index is -2.84. The molecule has 1 saturated heterocycles. The predicted molar refractivity (Wildman–Crippen MR) is 90.8 cm³/mol. The number of nitrogens with zero attached hydrogens (tertiary/aromatic N) is 2. The fourth-order valence-electron chi connectivity index (χ4n) is 2.76. The van der Waals surface area contributed by atoms with Gasteiger partial charge in [-0.1, -0.05) is 30.3 Å². The topological polar surface area (TPSA) is 46.6 Å². The summed E-state index contributed by atoms with van der Waals surface area (Å²) in [5, 5.41) is 3.17. The van der Waals surface area contributed by atoms with Crippen LogP contribution in [-0.2, 0) is 11.3 Å². The van der Waals surface area contributed by atoms with Gasteiger partial charge in [0.15, 0.2) is 0 Å². The number of alkyl halides is 2. The van der Waals surface area contributed by atoms with Crippen molar-refractivity contribution in [1.29, 1.82) is 0 Å². The van der Waals surface area contributed by atoms with Crippen molar-refractivity contribution < 1.29 is 18.3 Å². The molecule has 0 spiro atoms. The lowest BCUT2D eigenvalue weighted by Crippen LogP contribution is -2.44. The van der Waals surface area contributed by atoms with E-state index in [1.807, 2.05) is 18.2 Å². The van der Waals surface area contributed by atoms with Gasteiger partial charge in [-0.15, -0.1) is 0 Å². The first-order valence-corrected chi connectivity index (χ1v) is 8.21. The highest BCUT2D eigenvalue weighted by atomic mass is 19.3. The van der Waals surface area contributed by atoms with Gasteiger partial charge in [0.1, 0.15) is 11.6 Å². The fourth-order valence-corrected chi connectivity index (χ4v) is 2.76. The predicted octanol–water partition coefficient (Wildman–Crippen LogP) is 3.00. The minimum absolute atomic E-state index is 0.0449. The summed E-state index contributed by atoms with van der Waals surface area (Å²) in [6.07, 6.45) is 1.33. The molecule has 2 heterocycles. The molecule has 0 aliphatic carbocycles. The Labute approximate surface area is 145 Å². The van der Waals surface area contributed by atoms with Gasteiger partial charge < -0.3 is 14.8 Å². The Morgan fingerprint density at radius 1 is 1.24 bits per heavy atom. The summed E-state index contributed by atoms with van der Waals surface area (Å²) >= 11 is 0. The molecule has 7 heteroatoms. The smallest absolute Gasteiger partial charge is 0.387 e. The molecule has 5 nitrogen and oxygen atoms in total. The number of ether oxygens (including phenoxy) is 2. The third-order valence-corrected chi connectivity index (χ3v) is 3.94. The van der Waals surface area contributed by atoms with E-state index in [-0.39, 0.29) is 11.9 Å². The van der Waals surface area contributed by atoms with Gasteiger partial charge in [-0.2, -0.15) is 8.78 Å². The lowest BCUT2D eigenvalue weighted by molar-refractivity contribution is -0.0500. The van der Waals surface area contributed by atoms with Gasteiger partial charge in [-0.05, 0) is 17.7 Å². The summed E-state index contributed by atoms with van der Waals surface area (Å²) in [6, 6.07) is 13.4. The van der Waals surface area contributed by atoms with Crippen molar-refractivity contribution in [3.63, 3.8) is 0 Å². The zero-order valence-corrected chi connectivity index (χ0v) is 13.8. The average molecular weight is 349 g/mol. The molecule has 134 valence electrons. The number of anilines is 1. The van der Waals surface area contributed by atoms with Crippen LogP contribution in [0.4, 0.5) is 14.6 Å². The van der Waals surface area contributed by atoms with E-state index in [2.05, 4.69) is 32.1 Å². The van der Waals surface area contributed by atoms with E-state index >= 15 is 0 Å². The largest absolute Gasteiger partial charge is 0.433 e. The molecule has 1 atom stereocenters. The summed E-state index contributed by atoms with van der Waals surface area (Å²) in [5.41, 5.74) is 1.28. The van der Waals surface area contributed by atoms with E-state index in [4.69, 9.17) is 4.74 Å². The summed E-state index contributed by atoms with van der Waals surface area (Å²) in [7, 11) is 0. The summed E-state index contributed by atoms with van der Waals surface area (Å²) in [4.78, 5) is 6.42. The maximum absolute atomic E-state index is 12.1. The molecule has 1 aliphatic rings.